The summed E-state index contributed by atoms with van der Waals surface area (Å²) < 4.78 is 0. The summed E-state index contributed by atoms with van der Waals surface area (Å²) in [7, 11) is 0. The molecule has 1 aliphatic heterocycles. The van der Waals surface area contributed by atoms with Gasteiger partial charge >= 0.3 is 0 Å². The molecular formula is C22H31N3. The van der Waals surface area contributed by atoms with Gasteiger partial charge in [0.05, 0.1) is 0 Å². The third-order valence-corrected chi connectivity index (χ3v) is 5.13. The van der Waals surface area contributed by atoms with Crippen molar-refractivity contribution >= 4 is 5.82 Å². The van der Waals surface area contributed by atoms with E-state index in [0.717, 1.165) is 18.9 Å². The van der Waals surface area contributed by atoms with Crippen LogP contribution in [0.5, 0.6) is 0 Å². The lowest BCUT2D eigenvalue weighted by molar-refractivity contribution is 0.248. The number of aromatic nitrogens is 1. The fourth-order valence-corrected chi connectivity index (χ4v) is 4.16. The first kappa shape index (κ1) is 17.9. The van der Waals surface area contributed by atoms with Crippen molar-refractivity contribution in [2.45, 2.75) is 65.2 Å². The Kier molecular flexibility index (Phi) is 5.74. The number of nitrogens with zero attached hydrogens (tertiary/aromatic N) is 3. The van der Waals surface area contributed by atoms with Crippen LogP contribution in [0.4, 0.5) is 5.82 Å². The van der Waals surface area contributed by atoms with Gasteiger partial charge in [0.2, 0.25) is 0 Å². The molecule has 1 aliphatic rings. The monoisotopic (exact) mass is 337 g/mol. The van der Waals surface area contributed by atoms with E-state index in [1.165, 1.54) is 24.0 Å². The molecule has 0 amide bonds. The van der Waals surface area contributed by atoms with Crippen LogP contribution in [0.1, 0.15) is 57.7 Å². The predicted molar refractivity (Wildman–Crippen MR) is 106 cm³/mol. The number of anilines is 1. The third-order valence-electron chi connectivity index (χ3n) is 5.13. The van der Waals surface area contributed by atoms with E-state index in [0.29, 0.717) is 18.1 Å². The van der Waals surface area contributed by atoms with Gasteiger partial charge < -0.3 is 4.90 Å². The Bertz CT molecular complexity index is 658. The fraction of sp³-hybridized carbons (Fsp3) is 0.500. The molecule has 1 saturated heterocycles. The molecule has 0 N–H and O–H groups in total. The van der Waals surface area contributed by atoms with Crippen molar-refractivity contribution < 1.29 is 0 Å². The molecule has 0 saturated carbocycles. The SMILES string of the molecule is CC(C)N(c1ncccc1[C@H]1CCCN1Cc1ccccc1)C(C)C. The number of hydrogen-bond donors (Lipinski definition) is 0. The molecule has 0 bridgehead atoms. The number of hydrogen-bond acceptors (Lipinski definition) is 3. The zero-order valence-corrected chi connectivity index (χ0v) is 16.0. The minimum absolute atomic E-state index is 0.442. The van der Waals surface area contributed by atoms with E-state index >= 15 is 0 Å². The van der Waals surface area contributed by atoms with Gasteiger partial charge in [-0.2, -0.15) is 0 Å². The van der Waals surface area contributed by atoms with Gasteiger partial charge in [-0.1, -0.05) is 36.4 Å². The van der Waals surface area contributed by atoms with Crippen molar-refractivity contribution in [2.75, 3.05) is 11.4 Å². The highest BCUT2D eigenvalue weighted by Crippen LogP contribution is 2.38. The van der Waals surface area contributed by atoms with Gasteiger partial charge in [0.15, 0.2) is 0 Å². The van der Waals surface area contributed by atoms with Gasteiger partial charge in [0.25, 0.3) is 0 Å². The molecule has 1 fully saturated rings. The first-order chi connectivity index (χ1) is 12.1. The van der Waals surface area contributed by atoms with Crippen LogP contribution in [0, 0.1) is 0 Å². The highest BCUT2D eigenvalue weighted by Gasteiger charge is 2.30. The topological polar surface area (TPSA) is 19.4 Å². The first-order valence-electron chi connectivity index (χ1n) is 9.59. The van der Waals surface area contributed by atoms with E-state index in [1.807, 2.05) is 6.20 Å². The van der Waals surface area contributed by atoms with Crippen molar-refractivity contribution in [3.63, 3.8) is 0 Å². The smallest absolute Gasteiger partial charge is 0.133 e. The summed E-state index contributed by atoms with van der Waals surface area (Å²) in [5, 5.41) is 0. The van der Waals surface area contributed by atoms with Crippen molar-refractivity contribution in [3.05, 3.63) is 59.8 Å². The van der Waals surface area contributed by atoms with E-state index in [-0.39, 0.29) is 0 Å². The summed E-state index contributed by atoms with van der Waals surface area (Å²) in [4.78, 5) is 9.88. The Morgan fingerprint density at radius 3 is 2.44 bits per heavy atom. The van der Waals surface area contributed by atoms with E-state index in [1.54, 1.807) is 0 Å². The van der Waals surface area contributed by atoms with Crippen LogP contribution in [-0.4, -0.2) is 28.5 Å². The molecular weight excluding hydrogens is 306 g/mol. The molecule has 1 aromatic heterocycles. The second-order valence-electron chi connectivity index (χ2n) is 7.63. The number of likely N-dealkylation sites (tertiary alicyclic amines) is 1. The lowest BCUT2D eigenvalue weighted by Gasteiger charge is -2.36. The highest BCUT2D eigenvalue weighted by atomic mass is 15.2. The molecule has 25 heavy (non-hydrogen) atoms. The predicted octanol–water partition coefficient (Wildman–Crippen LogP) is 5.04. The standard InChI is InChI=1S/C22H31N3/c1-17(2)25(18(3)4)22-20(12-8-14-23-22)21-13-9-15-24(21)16-19-10-6-5-7-11-19/h5-8,10-12,14,17-18,21H,9,13,15-16H2,1-4H3/t21-/m1/s1. The molecule has 2 heterocycles. The van der Waals surface area contributed by atoms with Crippen molar-refractivity contribution in [2.24, 2.45) is 0 Å². The molecule has 134 valence electrons. The second-order valence-corrected chi connectivity index (χ2v) is 7.63. The second kappa shape index (κ2) is 8.01. The van der Waals surface area contributed by atoms with Crippen LogP contribution in [0.15, 0.2) is 48.7 Å². The number of benzene rings is 1. The molecule has 1 aromatic carbocycles. The van der Waals surface area contributed by atoms with Crippen molar-refractivity contribution in [3.8, 4) is 0 Å². The van der Waals surface area contributed by atoms with E-state index < -0.39 is 0 Å². The normalized spacial score (nSPS) is 18.2. The van der Waals surface area contributed by atoms with Crippen molar-refractivity contribution in [1.29, 1.82) is 0 Å². The summed E-state index contributed by atoms with van der Waals surface area (Å²) in [5.41, 5.74) is 2.78. The molecule has 3 rings (SSSR count). The van der Waals surface area contributed by atoms with Crippen LogP contribution >= 0.6 is 0 Å². The van der Waals surface area contributed by atoms with Crippen LogP contribution in [-0.2, 0) is 6.54 Å². The fourth-order valence-electron chi connectivity index (χ4n) is 4.16. The molecule has 0 radical (unpaired) electrons. The maximum Gasteiger partial charge on any atom is 0.133 e. The Morgan fingerprint density at radius 1 is 1.04 bits per heavy atom. The Hall–Kier alpha value is -1.87. The minimum atomic E-state index is 0.442. The quantitative estimate of drug-likeness (QED) is 0.736. The molecule has 0 unspecified atom stereocenters. The van der Waals surface area contributed by atoms with Gasteiger partial charge in [-0.05, 0) is 58.7 Å². The van der Waals surface area contributed by atoms with E-state index in [9.17, 15) is 0 Å². The zero-order chi connectivity index (χ0) is 17.8. The van der Waals surface area contributed by atoms with Crippen LogP contribution < -0.4 is 4.90 Å². The molecule has 0 aliphatic carbocycles. The zero-order valence-electron chi connectivity index (χ0n) is 16.0. The largest absolute Gasteiger partial charge is 0.351 e. The van der Waals surface area contributed by atoms with Crippen LogP contribution in [0.25, 0.3) is 0 Å². The maximum absolute atomic E-state index is 4.81. The van der Waals surface area contributed by atoms with E-state index in [2.05, 4.69) is 80.0 Å². The lowest BCUT2D eigenvalue weighted by atomic mass is 10.0. The van der Waals surface area contributed by atoms with E-state index in [4.69, 9.17) is 4.98 Å². The summed E-state index contributed by atoms with van der Waals surface area (Å²) in [5.74, 6) is 1.16. The number of rotatable bonds is 6. The average molecular weight is 338 g/mol. The molecule has 2 aromatic rings. The van der Waals surface area contributed by atoms with Gasteiger partial charge in [0, 0.05) is 36.4 Å². The Morgan fingerprint density at radius 2 is 1.76 bits per heavy atom. The summed E-state index contributed by atoms with van der Waals surface area (Å²) in [6.45, 7) is 11.2. The summed E-state index contributed by atoms with van der Waals surface area (Å²) in [6, 6.07) is 16.5. The van der Waals surface area contributed by atoms with Gasteiger partial charge in [0.1, 0.15) is 5.82 Å². The maximum atomic E-state index is 4.81. The molecule has 1 atom stereocenters. The van der Waals surface area contributed by atoms with Gasteiger partial charge in [-0.25, -0.2) is 4.98 Å². The minimum Gasteiger partial charge on any atom is -0.351 e. The summed E-state index contributed by atoms with van der Waals surface area (Å²) in [6.07, 6.45) is 4.41. The summed E-state index contributed by atoms with van der Waals surface area (Å²) >= 11 is 0. The van der Waals surface area contributed by atoms with Crippen LogP contribution in [0.3, 0.4) is 0 Å². The molecule has 3 heteroatoms. The number of pyridine rings is 1. The Balaban J connectivity index is 1.90. The molecule has 0 spiro atoms. The van der Waals surface area contributed by atoms with Crippen molar-refractivity contribution in [1.82, 2.24) is 9.88 Å². The highest BCUT2D eigenvalue weighted by molar-refractivity contribution is 5.50. The van der Waals surface area contributed by atoms with Gasteiger partial charge in [-0.3, -0.25) is 4.90 Å². The molecule has 3 nitrogen and oxygen atoms in total. The first-order valence-corrected chi connectivity index (χ1v) is 9.59. The lowest BCUT2D eigenvalue weighted by Crippen LogP contribution is -2.39. The van der Waals surface area contributed by atoms with Gasteiger partial charge in [-0.15, -0.1) is 0 Å². The van der Waals surface area contributed by atoms with Crippen LogP contribution in [0.2, 0.25) is 0 Å². The Labute approximate surface area is 152 Å². The third kappa shape index (κ3) is 4.04. The average Bonchev–Trinajstić information content (AvgIpc) is 3.03.